The van der Waals surface area contributed by atoms with E-state index in [-0.39, 0.29) is 0 Å². The number of hydrogen-bond donors (Lipinski definition) is 1. The van der Waals surface area contributed by atoms with E-state index in [1.807, 2.05) is 13.1 Å². The number of rotatable bonds is 3. The SMILES string of the molecule is CNC(/C1=C/CCCCCC1)c1ccc(Cl)s1. The number of hydrogen-bond acceptors (Lipinski definition) is 2. The highest BCUT2D eigenvalue weighted by Gasteiger charge is 2.17. The van der Waals surface area contributed by atoms with Crippen LogP contribution in [-0.4, -0.2) is 7.05 Å². The number of halogens is 1. The van der Waals surface area contributed by atoms with E-state index in [2.05, 4.69) is 17.5 Å². The van der Waals surface area contributed by atoms with Crippen LogP contribution < -0.4 is 5.32 Å². The Kier molecular flexibility index (Phi) is 5.08. The third kappa shape index (κ3) is 3.57. The molecule has 17 heavy (non-hydrogen) atoms. The van der Waals surface area contributed by atoms with Crippen molar-refractivity contribution in [3.05, 3.63) is 33.0 Å². The van der Waals surface area contributed by atoms with Crippen LogP contribution >= 0.6 is 22.9 Å². The molecular formula is C14H20ClNS. The van der Waals surface area contributed by atoms with Crippen molar-refractivity contribution in [1.82, 2.24) is 5.32 Å². The lowest BCUT2D eigenvalue weighted by Crippen LogP contribution is -2.18. The van der Waals surface area contributed by atoms with Gasteiger partial charge in [0.15, 0.2) is 0 Å². The fraction of sp³-hybridized carbons (Fsp3) is 0.571. The summed E-state index contributed by atoms with van der Waals surface area (Å²) in [7, 11) is 2.04. The zero-order chi connectivity index (χ0) is 12.1. The Morgan fingerprint density at radius 1 is 1.24 bits per heavy atom. The molecule has 1 aliphatic rings. The minimum atomic E-state index is 0.366. The summed E-state index contributed by atoms with van der Waals surface area (Å²) in [4.78, 5) is 1.34. The minimum absolute atomic E-state index is 0.366. The van der Waals surface area contributed by atoms with Gasteiger partial charge in [-0.15, -0.1) is 11.3 Å². The second kappa shape index (κ2) is 6.58. The fourth-order valence-electron chi connectivity index (χ4n) is 2.47. The molecule has 1 heterocycles. The minimum Gasteiger partial charge on any atom is -0.309 e. The first-order valence-electron chi connectivity index (χ1n) is 6.42. The first kappa shape index (κ1) is 13.1. The molecule has 1 aliphatic carbocycles. The van der Waals surface area contributed by atoms with Gasteiger partial charge in [0.25, 0.3) is 0 Å². The van der Waals surface area contributed by atoms with Gasteiger partial charge in [-0.1, -0.05) is 36.1 Å². The van der Waals surface area contributed by atoms with Gasteiger partial charge in [-0.3, -0.25) is 0 Å². The van der Waals surface area contributed by atoms with E-state index in [9.17, 15) is 0 Å². The van der Waals surface area contributed by atoms with Gasteiger partial charge in [0.05, 0.1) is 10.4 Å². The maximum Gasteiger partial charge on any atom is 0.0931 e. The highest BCUT2D eigenvalue weighted by Crippen LogP contribution is 2.34. The van der Waals surface area contributed by atoms with Gasteiger partial charge < -0.3 is 5.32 Å². The second-order valence-corrected chi connectivity index (χ2v) is 6.34. The predicted octanol–water partition coefficient (Wildman–Crippen LogP) is 4.94. The second-order valence-electron chi connectivity index (χ2n) is 4.60. The molecule has 3 heteroatoms. The normalized spacial score (nSPS) is 22.4. The molecular weight excluding hydrogens is 250 g/mol. The Bertz CT molecular complexity index is 383. The molecule has 1 atom stereocenters. The molecule has 0 aliphatic heterocycles. The standard InChI is InChI=1S/C14H20ClNS/c1-16-14(12-9-10-13(15)17-12)11-7-5-3-2-4-6-8-11/h7,9-10,14,16H,2-6,8H2,1H3/b11-7+. The van der Waals surface area contributed by atoms with E-state index in [1.165, 1.54) is 43.4 Å². The van der Waals surface area contributed by atoms with E-state index in [4.69, 9.17) is 11.6 Å². The summed E-state index contributed by atoms with van der Waals surface area (Å²) in [5.41, 5.74) is 1.55. The summed E-state index contributed by atoms with van der Waals surface area (Å²) in [6.07, 6.45) is 10.3. The van der Waals surface area contributed by atoms with Gasteiger partial charge in [-0.05, 0) is 44.9 Å². The van der Waals surface area contributed by atoms with Gasteiger partial charge >= 0.3 is 0 Å². The van der Waals surface area contributed by atoms with Gasteiger partial charge in [0.1, 0.15) is 0 Å². The van der Waals surface area contributed by atoms with Crippen molar-refractivity contribution < 1.29 is 0 Å². The first-order chi connectivity index (χ1) is 8.31. The average molecular weight is 270 g/mol. The molecule has 1 aromatic rings. The number of likely N-dealkylation sites (N-methyl/N-ethyl adjacent to an activating group) is 1. The lowest BCUT2D eigenvalue weighted by Gasteiger charge is -2.20. The van der Waals surface area contributed by atoms with Crippen LogP contribution in [-0.2, 0) is 0 Å². The summed E-state index contributed by atoms with van der Waals surface area (Å²) < 4.78 is 0.881. The van der Waals surface area contributed by atoms with Crippen LogP contribution in [0.3, 0.4) is 0 Å². The lowest BCUT2D eigenvalue weighted by atomic mass is 9.94. The summed E-state index contributed by atoms with van der Waals surface area (Å²) >= 11 is 7.72. The van der Waals surface area contributed by atoms with Crippen molar-refractivity contribution in [1.29, 1.82) is 0 Å². The van der Waals surface area contributed by atoms with E-state index in [0.29, 0.717) is 6.04 Å². The largest absolute Gasteiger partial charge is 0.309 e. The third-order valence-electron chi connectivity index (χ3n) is 3.36. The van der Waals surface area contributed by atoms with Crippen LogP contribution in [0.25, 0.3) is 0 Å². The highest BCUT2D eigenvalue weighted by atomic mass is 35.5. The van der Waals surface area contributed by atoms with Crippen molar-refractivity contribution in [2.24, 2.45) is 0 Å². The van der Waals surface area contributed by atoms with Crippen molar-refractivity contribution in [2.45, 2.75) is 44.6 Å². The van der Waals surface area contributed by atoms with Crippen LogP contribution in [0.1, 0.15) is 49.4 Å². The molecule has 2 rings (SSSR count). The van der Waals surface area contributed by atoms with Gasteiger partial charge in [-0.2, -0.15) is 0 Å². The molecule has 0 aromatic carbocycles. The Morgan fingerprint density at radius 2 is 2.06 bits per heavy atom. The quantitative estimate of drug-likeness (QED) is 0.766. The summed E-state index contributed by atoms with van der Waals surface area (Å²) in [6.45, 7) is 0. The van der Waals surface area contributed by atoms with Crippen LogP contribution in [0.5, 0.6) is 0 Å². The Morgan fingerprint density at radius 3 is 2.76 bits per heavy atom. The van der Waals surface area contributed by atoms with Crippen molar-refractivity contribution in [2.75, 3.05) is 7.05 Å². The lowest BCUT2D eigenvalue weighted by molar-refractivity contribution is 0.577. The molecule has 1 aromatic heterocycles. The van der Waals surface area contributed by atoms with Crippen LogP contribution in [0.2, 0.25) is 4.34 Å². The summed E-state index contributed by atoms with van der Waals surface area (Å²) in [5, 5.41) is 3.43. The molecule has 0 bridgehead atoms. The summed E-state index contributed by atoms with van der Waals surface area (Å²) in [6, 6.07) is 4.51. The number of allylic oxidation sites excluding steroid dienone is 1. The van der Waals surface area contributed by atoms with Gasteiger partial charge in [-0.25, -0.2) is 0 Å². The molecule has 0 saturated carbocycles. The number of nitrogens with one attached hydrogen (secondary N) is 1. The van der Waals surface area contributed by atoms with Crippen molar-refractivity contribution >= 4 is 22.9 Å². The Hall–Kier alpha value is -0.310. The van der Waals surface area contributed by atoms with Crippen molar-refractivity contribution in [3.63, 3.8) is 0 Å². The molecule has 0 fully saturated rings. The van der Waals surface area contributed by atoms with Gasteiger partial charge in [0, 0.05) is 4.88 Å². The molecule has 1 N–H and O–H groups in total. The molecule has 1 nitrogen and oxygen atoms in total. The average Bonchev–Trinajstić information content (AvgIpc) is 2.68. The number of thiophene rings is 1. The van der Waals surface area contributed by atoms with Crippen LogP contribution in [0.4, 0.5) is 0 Å². The van der Waals surface area contributed by atoms with E-state index >= 15 is 0 Å². The summed E-state index contributed by atoms with van der Waals surface area (Å²) in [5.74, 6) is 0. The van der Waals surface area contributed by atoms with E-state index in [1.54, 1.807) is 16.9 Å². The molecule has 0 saturated heterocycles. The van der Waals surface area contributed by atoms with E-state index in [0.717, 1.165) is 4.34 Å². The molecule has 0 amide bonds. The zero-order valence-electron chi connectivity index (χ0n) is 10.3. The Balaban J connectivity index is 2.16. The van der Waals surface area contributed by atoms with E-state index < -0.39 is 0 Å². The first-order valence-corrected chi connectivity index (χ1v) is 7.62. The molecule has 0 radical (unpaired) electrons. The smallest absolute Gasteiger partial charge is 0.0931 e. The van der Waals surface area contributed by atoms with Crippen molar-refractivity contribution in [3.8, 4) is 0 Å². The Labute approximate surface area is 113 Å². The molecule has 0 spiro atoms. The molecule has 1 unspecified atom stereocenters. The fourth-order valence-corrected chi connectivity index (χ4v) is 3.69. The van der Waals surface area contributed by atoms with Crippen LogP contribution in [0, 0.1) is 0 Å². The predicted molar refractivity (Wildman–Crippen MR) is 76.9 cm³/mol. The van der Waals surface area contributed by atoms with Gasteiger partial charge in [0.2, 0.25) is 0 Å². The third-order valence-corrected chi connectivity index (χ3v) is 4.66. The zero-order valence-corrected chi connectivity index (χ0v) is 11.9. The monoisotopic (exact) mass is 269 g/mol. The maximum atomic E-state index is 6.03. The topological polar surface area (TPSA) is 12.0 Å². The van der Waals surface area contributed by atoms with Crippen LogP contribution in [0.15, 0.2) is 23.8 Å². The highest BCUT2D eigenvalue weighted by molar-refractivity contribution is 7.16. The maximum absolute atomic E-state index is 6.03. The molecule has 94 valence electrons.